The van der Waals surface area contributed by atoms with Gasteiger partial charge in [-0.05, 0) is 13.0 Å². The van der Waals surface area contributed by atoms with Gasteiger partial charge in [-0.2, -0.15) is 13.6 Å². The summed E-state index contributed by atoms with van der Waals surface area (Å²) in [7, 11) is -17.3. The molecule has 7 atom stereocenters. The lowest BCUT2D eigenvalue weighted by Gasteiger charge is -2.33. The van der Waals surface area contributed by atoms with Gasteiger partial charge in [0.15, 0.2) is 18.0 Å². The van der Waals surface area contributed by atoms with Crippen LogP contribution in [0.4, 0.5) is 14.6 Å². The van der Waals surface area contributed by atoms with Crippen LogP contribution in [-0.2, 0) is 31.6 Å². The lowest BCUT2D eigenvalue weighted by atomic mass is 9.92. The van der Waals surface area contributed by atoms with E-state index in [1.54, 1.807) is 0 Å². The van der Waals surface area contributed by atoms with Crippen molar-refractivity contribution in [3.8, 4) is 0 Å². The first-order chi connectivity index (χ1) is 14.4. The highest BCUT2D eigenvalue weighted by atomic mass is 31.3. The van der Waals surface area contributed by atoms with Gasteiger partial charge in [0.25, 0.3) is 0 Å². The molecule has 7 N–H and O–H groups in total. The predicted octanol–water partition coefficient (Wildman–Crippen LogP) is -0.507. The maximum atomic E-state index is 14.7. The molecule has 1 aliphatic heterocycles. The molecule has 1 fully saturated rings. The van der Waals surface area contributed by atoms with Crippen LogP contribution < -0.4 is 11.4 Å². The third-order valence-corrected chi connectivity index (χ3v) is 7.87. The Labute approximate surface area is 177 Å². The van der Waals surface area contributed by atoms with Gasteiger partial charge in [0.1, 0.15) is 18.1 Å². The minimum absolute atomic E-state index is 0.238. The van der Waals surface area contributed by atoms with E-state index in [0.717, 1.165) is 19.2 Å². The summed E-state index contributed by atoms with van der Waals surface area (Å²) in [4.78, 5) is 50.9. The van der Waals surface area contributed by atoms with E-state index in [2.05, 4.69) is 18.1 Å². The summed E-state index contributed by atoms with van der Waals surface area (Å²) in [6.07, 6.45) is -8.32. The number of halogens is 2. The molecular weight excluding hydrogens is 513 g/mol. The zero-order valence-electron chi connectivity index (χ0n) is 15.7. The number of alkyl halides is 2. The molecule has 0 spiro atoms. The van der Waals surface area contributed by atoms with Gasteiger partial charge >= 0.3 is 29.2 Å². The van der Waals surface area contributed by atoms with Gasteiger partial charge < -0.3 is 35.2 Å². The Bertz CT molecular complexity index is 1050. The number of aromatic nitrogens is 2. The number of hydrogen-bond acceptors (Lipinski definition) is 11. The molecule has 1 saturated heterocycles. The first-order valence-corrected chi connectivity index (χ1v) is 12.7. The van der Waals surface area contributed by atoms with Crippen molar-refractivity contribution in [2.24, 2.45) is 0 Å². The molecule has 0 radical (unpaired) electrons. The summed E-state index contributed by atoms with van der Waals surface area (Å²) >= 11 is 0. The number of anilines is 1. The van der Waals surface area contributed by atoms with E-state index in [4.69, 9.17) is 25.2 Å². The molecule has 1 aliphatic rings. The molecular formula is C11H18F2N3O13P3. The topological polar surface area (TPSA) is 250 Å². The average molecular weight is 531 g/mol. The molecule has 2 rings (SSSR count). The number of phosphoric acid groups is 3. The molecule has 32 heavy (non-hydrogen) atoms. The molecule has 0 aromatic carbocycles. The maximum absolute atomic E-state index is 14.7. The number of nitrogens with zero attached hydrogens (tertiary/aromatic N) is 2. The van der Waals surface area contributed by atoms with E-state index in [9.17, 15) is 37.3 Å². The summed E-state index contributed by atoms with van der Waals surface area (Å²) in [5, 5.41) is 10.2. The Kier molecular flexibility index (Phi) is 7.84. The second-order valence-corrected chi connectivity index (χ2v) is 10.8. The quantitative estimate of drug-likeness (QED) is 0.220. The smallest absolute Gasteiger partial charge is 0.387 e. The van der Waals surface area contributed by atoms with Crippen molar-refractivity contribution in [1.29, 1.82) is 0 Å². The van der Waals surface area contributed by atoms with Gasteiger partial charge in [-0.1, -0.05) is 0 Å². The minimum Gasteiger partial charge on any atom is -0.387 e. The first kappa shape index (κ1) is 27.1. The Morgan fingerprint density at radius 3 is 2.38 bits per heavy atom. The summed E-state index contributed by atoms with van der Waals surface area (Å²) in [6.45, 7) is -0.758. The second kappa shape index (κ2) is 9.25. The van der Waals surface area contributed by atoms with Gasteiger partial charge in [-0.25, -0.2) is 27.3 Å². The standard InChI is InChI=1S/C11H18F2N3O13P3/c1-5(12)11(4-26-31(22,23)29-32(24,25)28-30(19,20)21)8(17)7(13)9(27-11)16-3-2-6(14)15-10(16)18/h2-3,5,7-9,17H,4H2,1H3,(H,22,23)(H,24,25)(H2,14,15,18)(H2,19,20,21)/t5?,7-,8+,9-,11+/m1/s1. The van der Waals surface area contributed by atoms with Crippen LogP contribution in [0.15, 0.2) is 17.1 Å². The minimum atomic E-state index is -5.88. The third-order valence-electron chi connectivity index (χ3n) is 4.08. The van der Waals surface area contributed by atoms with Crippen LogP contribution in [0.1, 0.15) is 13.2 Å². The molecule has 0 aliphatic carbocycles. The summed E-state index contributed by atoms with van der Waals surface area (Å²) in [5.74, 6) is -0.238. The van der Waals surface area contributed by atoms with Crippen molar-refractivity contribution >= 4 is 29.3 Å². The number of ether oxygens (including phenoxy) is 1. The van der Waals surface area contributed by atoms with E-state index < -0.39 is 66.0 Å². The van der Waals surface area contributed by atoms with Crippen molar-refractivity contribution in [3.05, 3.63) is 22.7 Å². The van der Waals surface area contributed by atoms with Crippen LogP contribution in [0.2, 0.25) is 0 Å². The first-order valence-electron chi connectivity index (χ1n) is 8.16. The SMILES string of the molecule is CC(F)[C@]1(COP(=O)(O)OP(=O)(O)OP(=O)(O)O)O[C@@H](n2ccc(N)nc2=O)[C@H](F)[C@@H]1O. The number of rotatable bonds is 9. The lowest BCUT2D eigenvalue weighted by molar-refractivity contribution is -0.158. The summed E-state index contributed by atoms with van der Waals surface area (Å²) in [6, 6.07) is 1.06. The maximum Gasteiger partial charge on any atom is 0.490 e. The van der Waals surface area contributed by atoms with Crippen LogP contribution in [-0.4, -0.2) is 64.9 Å². The molecule has 184 valence electrons. The fraction of sp³-hybridized carbons (Fsp3) is 0.636. The molecule has 0 amide bonds. The molecule has 21 heteroatoms. The third kappa shape index (κ3) is 6.26. The molecule has 1 aromatic heterocycles. The van der Waals surface area contributed by atoms with Crippen LogP contribution >= 0.6 is 23.5 Å². The van der Waals surface area contributed by atoms with Crippen molar-refractivity contribution < 1.29 is 65.0 Å². The van der Waals surface area contributed by atoms with E-state index in [0.29, 0.717) is 4.57 Å². The molecule has 0 saturated carbocycles. The Hall–Kier alpha value is -1.13. The van der Waals surface area contributed by atoms with Gasteiger partial charge in [0, 0.05) is 6.20 Å². The molecule has 2 heterocycles. The summed E-state index contributed by atoms with van der Waals surface area (Å²) < 4.78 is 79.9. The summed E-state index contributed by atoms with van der Waals surface area (Å²) in [5.41, 5.74) is 1.42. The number of nitrogens with two attached hydrogens (primary N) is 1. The van der Waals surface area contributed by atoms with E-state index in [1.165, 1.54) is 0 Å². The zero-order chi connectivity index (χ0) is 24.7. The van der Waals surface area contributed by atoms with E-state index in [1.807, 2.05) is 0 Å². The van der Waals surface area contributed by atoms with Gasteiger partial charge in [-0.15, -0.1) is 0 Å². The van der Waals surface area contributed by atoms with Crippen molar-refractivity contribution in [2.75, 3.05) is 12.3 Å². The Morgan fingerprint density at radius 2 is 1.88 bits per heavy atom. The second-order valence-electron chi connectivity index (χ2n) is 6.38. The fourth-order valence-corrected chi connectivity index (χ4v) is 5.72. The van der Waals surface area contributed by atoms with Crippen LogP contribution in [0.5, 0.6) is 0 Å². The van der Waals surface area contributed by atoms with Crippen LogP contribution in [0, 0.1) is 0 Å². The monoisotopic (exact) mass is 531 g/mol. The zero-order valence-corrected chi connectivity index (χ0v) is 18.4. The van der Waals surface area contributed by atoms with Crippen molar-refractivity contribution in [3.63, 3.8) is 0 Å². The van der Waals surface area contributed by atoms with E-state index >= 15 is 0 Å². The molecule has 1 aromatic rings. The van der Waals surface area contributed by atoms with Gasteiger partial charge in [-0.3, -0.25) is 9.09 Å². The molecule has 3 unspecified atom stereocenters. The highest BCUT2D eigenvalue weighted by Gasteiger charge is 2.60. The molecule has 16 nitrogen and oxygen atoms in total. The number of nitrogen functional groups attached to an aromatic ring is 1. The van der Waals surface area contributed by atoms with Gasteiger partial charge in [0.2, 0.25) is 0 Å². The van der Waals surface area contributed by atoms with Crippen LogP contribution in [0.3, 0.4) is 0 Å². The van der Waals surface area contributed by atoms with E-state index in [-0.39, 0.29) is 5.82 Å². The van der Waals surface area contributed by atoms with Crippen molar-refractivity contribution in [2.45, 2.75) is 37.2 Å². The number of aliphatic hydroxyl groups excluding tert-OH is 1. The highest BCUT2D eigenvalue weighted by Crippen LogP contribution is 2.66. The predicted molar refractivity (Wildman–Crippen MR) is 97.1 cm³/mol. The van der Waals surface area contributed by atoms with Crippen molar-refractivity contribution in [1.82, 2.24) is 9.55 Å². The molecule has 0 bridgehead atoms. The number of phosphoric ester groups is 1. The van der Waals surface area contributed by atoms with Crippen LogP contribution in [0.25, 0.3) is 0 Å². The Morgan fingerprint density at radius 1 is 1.28 bits per heavy atom. The Balaban J connectivity index is 2.27. The lowest BCUT2D eigenvalue weighted by Crippen LogP contribution is -2.52. The fourth-order valence-electron chi connectivity index (χ4n) is 2.66. The largest absolute Gasteiger partial charge is 0.490 e. The number of hydrogen-bond donors (Lipinski definition) is 6. The van der Waals surface area contributed by atoms with Gasteiger partial charge in [0.05, 0.1) is 6.61 Å². The number of aliphatic hydroxyl groups is 1. The normalized spacial score (nSPS) is 31.1. The average Bonchev–Trinajstić information content (AvgIpc) is 2.83. The highest BCUT2D eigenvalue weighted by molar-refractivity contribution is 7.66.